The van der Waals surface area contributed by atoms with Gasteiger partial charge >= 0.3 is 10.1 Å². The molecule has 0 aliphatic carbocycles. The van der Waals surface area contributed by atoms with E-state index in [1.807, 2.05) is 12.1 Å². The van der Waals surface area contributed by atoms with Crippen LogP contribution in [-0.2, 0) is 10.1 Å². The molecule has 0 atom stereocenters. The lowest BCUT2D eigenvalue weighted by atomic mass is 9.92. The molecule has 0 saturated carbocycles. The van der Waals surface area contributed by atoms with Gasteiger partial charge in [-0.2, -0.15) is 8.42 Å². The van der Waals surface area contributed by atoms with Crippen molar-refractivity contribution in [1.29, 1.82) is 0 Å². The first-order valence-corrected chi connectivity index (χ1v) is 9.04. The third-order valence-corrected chi connectivity index (χ3v) is 4.24. The van der Waals surface area contributed by atoms with Crippen molar-refractivity contribution < 1.29 is 12.6 Å². The fourth-order valence-electron chi connectivity index (χ4n) is 2.79. The Morgan fingerprint density at radius 1 is 1.30 bits per heavy atom. The molecule has 1 aliphatic heterocycles. The summed E-state index contributed by atoms with van der Waals surface area (Å²) < 4.78 is 27.3. The van der Waals surface area contributed by atoms with E-state index in [1.54, 1.807) is 12.1 Å². The molecular formula is C15H23NO3S. The van der Waals surface area contributed by atoms with Gasteiger partial charge in [0.2, 0.25) is 0 Å². The summed E-state index contributed by atoms with van der Waals surface area (Å²) in [4.78, 5) is 2.31. The van der Waals surface area contributed by atoms with E-state index in [2.05, 4.69) is 11.8 Å². The van der Waals surface area contributed by atoms with Crippen molar-refractivity contribution in [2.45, 2.75) is 32.6 Å². The van der Waals surface area contributed by atoms with Gasteiger partial charge in [-0.05, 0) is 30.9 Å². The predicted octanol–water partition coefficient (Wildman–Crippen LogP) is 3.04. The maximum absolute atomic E-state index is 11.2. The summed E-state index contributed by atoms with van der Waals surface area (Å²) in [6.07, 6.45) is 6.05. The van der Waals surface area contributed by atoms with Crippen LogP contribution in [0, 0.1) is 5.92 Å². The highest BCUT2D eigenvalue weighted by molar-refractivity contribution is 7.86. The summed E-state index contributed by atoms with van der Waals surface area (Å²) in [7, 11) is -3.46. The van der Waals surface area contributed by atoms with Crippen LogP contribution in [0.3, 0.4) is 0 Å². The Morgan fingerprint density at radius 2 is 2.00 bits per heavy atom. The minimum Gasteiger partial charge on any atom is -0.383 e. The Hall–Kier alpha value is -1.23. The van der Waals surface area contributed by atoms with Crippen LogP contribution in [-0.4, -0.2) is 27.8 Å². The number of rotatable bonds is 5. The molecule has 1 heterocycles. The molecule has 0 bridgehead atoms. The Balaban J connectivity index is 2.01. The zero-order valence-electron chi connectivity index (χ0n) is 12.2. The standard InChI is InChI=1S/C15H23NO3S/c1-3-5-13-8-10-16(11-9-13)14-6-4-7-15(12-14)19-20(2,17)18/h4,6-7,12-13H,3,5,8-11H2,1-2H3. The molecule has 1 aromatic carbocycles. The number of benzene rings is 1. The highest BCUT2D eigenvalue weighted by Crippen LogP contribution is 2.28. The molecule has 0 N–H and O–H groups in total. The molecule has 0 spiro atoms. The molecule has 0 unspecified atom stereocenters. The lowest BCUT2D eigenvalue weighted by Crippen LogP contribution is -2.33. The zero-order chi connectivity index (χ0) is 14.6. The molecule has 0 amide bonds. The number of hydrogen-bond donors (Lipinski definition) is 0. The number of nitrogens with zero attached hydrogens (tertiary/aromatic N) is 1. The molecule has 1 aliphatic rings. The normalized spacial score (nSPS) is 17.2. The molecule has 1 fully saturated rings. The summed E-state index contributed by atoms with van der Waals surface area (Å²) in [5, 5.41) is 0. The van der Waals surface area contributed by atoms with Gasteiger partial charge in [-0.15, -0.1) is 0 Å². The average Bonchev–Trinajstić information content (AvgIpc) is 2.38. The second kappa shape index (κ2) is 6.48. The van der Waals surface area contributed by atoms with Gasteiger partial charge in [0.15, 0.2) is 0 Å². The number of piperidine rings is 1. The lowest BCUT2D eigenvalue weighted by Gasteiger charge is -2.33. The lowest BCUT2D eigenvalue weighted by molar-refractivity contribution is 0.378. The first-order valence-electron chi connectivity index (χ1n) is 7.22. The van der Waals surface area contributed by atoms with Gasteiger partial charge in [-0.25, -0.2) is 0 Å². The van der Waals surface area contributed by atoms with Crippen LogP contribution in [0.25, 0.3) is 0 Å². The van der Waals surface area contributed by atoms with Crippen molar-refractivity contribution in [3.63, 3.8) is 0 Å². The van der Waals surface area contributed by atoms with E-state index in [4.69, 9.17) is 4.18 Å². The average molecular weight is 297 g/mol. The summed E-state index contributed by atoms with van der Waals surface area (Å²) >= 11 is 0. The third kappa shape index (κ3) is 4.40. The number of anilines is 1. The third-order valence-electron chi connectivity index (χ3n) is 3.74. The first kappa shape index (κ1) is 15.2. The Labute approximate surface area is 121 Å². The van der Waals surface area contributed by atoms with E-state index in [0.29, 0.717) is 5.75 Å². The van der Waals surface area contributed by atoms with Crippen molar-refractivity contribution in [1.82, 2.24) is 0 Å². The van der Waals surface area contributed by atoms with E-state index >= 15 is 0 Å². The summed E-state index contributed by atoms with van der Waals surface area (Å²) in [5.74, 6) is 1.23. The van der Waals surface area contributed by atoms with E-state index in [9.17, 15) is 8.42 Å². The van der Waals surface area contributed by atoms with Gasteiger partial charge in [0.05, 0.1) is 6.26 Å². The van der Waals surface area contributed by atoms with E-state index in [0.717, 1.165) is 31.0 Å². The fourth-order valence-corrected chi connectivity index (χ4v) is 3.25. The van der Waals surface area contributed by atoms with E-state index < -0.39 is 10.1 Å². The zero-order valence-corrected chi connectivity index (χ0v) is 13.0. The van der Waals surface area contributed by atoms with Gasteiger partial charge in [0.1, 0.15) is 5.75 Å². The molecule has 4 nitrogen and oxygen atoms in total. The fraction of sp³-hybridized carbons (Fsp3) is 0.600. The van der Waals surface area contributed by atoms with Crippen LogP contribution in [0.2, 0.25) is 0 Å². The SMILES string of the molecule is CCCC1CCN(c2cccc(OS(C)(=O)=O)c2)CC1. The molecule has 1 aromatic rings. The summed E-state index contributed by atoms with van der Waals surface area (Å²) in [6, 6.07) is 7.33. The molecule has 0 radical (unpaired) electrons. The smallest absolute Gasteiger partial charge is 0.306 e. The van der Waals surface area contributed by atoms with Crippen molar-refractivity contribution in [2.24, 2.45) is 5.92 Å². The van der Waals surface area contributed by atoms with Crippen LogP contribution in [0.4, 0.5) is 5.69 Å². The molecule has 1 saturated heterocycles. The van der Waals surface area contributed by atoms with Crippen LogP contribution >= 0.6 is 0 Å². The summed E-state index contributed by atoms with van der Waals surface area (Å²) in [5.41, 5.74) is 1.04. The molecule has 5 heteroatoms. The van der Waals surface area contributed by atoms with Gasteiger partial charge in [-0.3, -0.25) is 0 Å². The van der Waals surface area contributed by atoms with Crippen molar-refractivity contribution in [2.75, 3.05) is 24.2 Å². The topological polar surface area (TPSA) is 46.6 Å². The van der Waals surface area contributed by atoms with Gasteiger partial charge in [-0.1, -0.05) is 25.8 Å². The maximum Gasteiger partial charge on any atom is 0.306 e. The molecule has 20 heavy (non-hydrogen) atoms. The largest absolute Gasteiger partial charge is 0.383 e. The monoisotopic (exact) mass is 297 g/mol. The van der Waals surface area contributed by atoms with Crippen LogP contribution < -0.4 is 9.08 Å². The van der Waals surface area contributed by atoms with Crippen LogP contribution in [0.1, 0.15) is 32.6 Å². The Kier molecular flexibility index (Phi) is 4.91. The molecule has 0 aromatic heterocycles. The van der Waals surface area contributed by atoms with Crippen LogP contribution in [0.5, 0.6) is 5.75 Å². The van der Waals surface area contributed by atoms with Crippen molar-refractivity contribution in [3.05, 3.63) is 24.3 Å². The summed E-state index contributed by atoms with van der Waals surface area (Å²) in [6.45, 7) is 4.30. The highest BCUT2D eigenvalue weighted by atomic mass is 32.2. The Bertz CT molecular complexity index is 534. The number of hydrogen-bond acceptors (Lipinski definition) is 4. The van der Waals surface area contributed by atoms with Crippen molar-refractivity contribution in [3.8, 4) is 5.75 Å². The second-order valence-corrected chi connectivity index (χ2v) is 7.08. The minimum absolute atomic E-state index is 0.390. The van der Waals surface area contributed by atoms with Gasteiger partial charge < -0.3 is 9.08 Å². The first-order chi connectivity index (χ1) is 9.48. The van der Waals surface area contributed by atoms with E-state index in [-0.39, 0.29) is 0 Å². The molecular weight excluding hydrogens is 274 g/mol. The van der Waals surface area contributed by atoms with Gasteiger partial charge in [0, 0.05) is 24.8 Å². The van der Waals surface area contributed by atoms with E-state index in [1.165, 1.54) is 25.7 Å². The van der Waals surface area contributed by atoms with Gasteiger partial charge in [0.25, 0.3) is 0 Å². The predicted molar refractivity (Wildman–Crippen MR) is 81.8 cm³/mol. The second-order valence-electron chi connectivity index (χ2n) is 5.50. The molecule has 112 valence electrons. The molecule has 2 rings (SSSR count). The van der Waals surface area contributed by atoms with Crippen molar-refractivity contribution >= 4 is 15.8 Å². The maximum atomic E-state index is 11.2. The van der Waals surface area contributed by atoms with Crippen LogP contribution in [0.15, 0.2) is 24.3 Å². The Morgan fingerprint density at radius 3 is 2.60 bits per heavy atom. The highest BCUT2D eigenvalue weighted by Gasteiger charge is 2.19. The minimum atomic E-state index is -3.46. The quantitative estimate of drug-likeness (QED) is 0.784.